The standard InChI is InChI=1S/C18H22N4O3/c1-4-22-10-9-14(20-22)12(2)19-18(23)17-11-15(21-25-17)13-7-5-6-8-16(13)24-3/h5-10,12,17H,4,11H2,1-3H3,(H,19,23). The van der Waals surface area contributed by atoms with Crippen molar-refractivity contribution in [3.8, 4) is 5.75 Å². The molecule has 1 amide bonds. The van der Waals surface area contributed by atoms with E-state index in [0.29, 0.717) is 17.9 Å². The summed E-state index contributed by atoms with van der Waals surface area (Å²) in [6, 6.07) is 9.26. The average Bonchev–Trinajstić information content (AvgIpc) is 3.31. The van der Waals surface area contributed by atoms with Crippen LogP contribution in [-0.4, -0.2) is 34.6 Å². The van der Waals surface area contributed by atoms with Crippen LogP contribution in [0, 0.1) is 0 Å². The number of oxime groups is 1. The molecule has 7 heteroatoms. The molecule has 2 atom stereocenters. The summed E-state index contributed by atoms with van der Waals surface area (Å²) in [7, 11) is 1.61. The van der Waals surface area contributed by atoms with Gasteiger partial charge in [0.15, 0.2) is 0 Å². The third-order valence-electron chi connectivity index (χ3n) is 4.17. The van der Waals surface area contributed by atoms with E-state index in [4.69, 9.17) is 9.57 Å². The summed E-state index contributed by atoms with van der Waals surface area (Å²) < 4.78 is 7.17. The number of carbonyl (C=O) groups excluding carboxylic acids is 1. The highest BCUT2D eigenvalue weighted by atomic mass is 16.6. The van der Waals surface area contributed by atoms with Crippen molar-refractivity contribution in [2.75, 3.05) is 7.11 Å². The lowest BCUT2D eigenvalue weighted by molar-refractivity contribution is -0.131. The molecule has 7 nitrogen and oxygen atoms in total. The van der Waals surface area contributed by atoms with Crippen LogP contribution in [0.4, 0.5) is 0 Å². The van der Waals surface area contributed by atoms with E-state index in [1.165, 1.54) is 0 Å². The Morgan fingerprint density at radius 1 is 1.44 bits per heavy atom. The van der Waals surface area contributed by atoms with Gasteiger partial charge < -0.3 is 14.9 Å². The van der Waals surface area contributed by atoms with E-state index >= 15 is 0 Å². The Kier molecular flexibility index (Phi) is 5.02. The first-order valence-electron chi connectivity index (χ1n) is 8.32. The molecule has 1 aliphatic heterocycles. The monoisotopic (exact) mass is 342 g/mol. The number of hydrogen-bond donors (Lipinski definition) is 1. The Balaban J connectivity index is 1.61. The van der Waals surface area contributed by atoms with Gasteiger partial charge in [-0.15, -0.1) is 0 Å². The number of para-hydroxylation sites is 1. The maximum atomic E-state index is 12.5. The van der Waals surface area contributed by atoms with Gasteiger partial charge in [0.1, 0.15) is 5.75 Å². The van der Waals surface area contributed by atoms with Gasteiger partial charge >= 0.3 is 0 Å². The zero-order chi connectivity index (χ0) is 17.8. The summed E-state index contributed by atoms with van der Waals surface area (Å²) in [6.45, 7) is 4.71. The Morgan fingerprint density at radius 2 is 2.24 bits per heavy atom. The number of aryl methyl sites for hydroxylation is 1. The number of amides is 1. The Labute approximate surface area is 146 Å². The molecule has 0 saturated carbocycles. The lowest BCUT2D eigenvalue weighted by Gasteiger charge is -2.14. The Morgan fingerprint density at radius 3 is 2.96 bits per heavy atom. The van der Waals surface area contributed by atoms with E-state index in [2.05, 4.69) is 15.6 Å². The van der Waals surface area contributed by atoms with Crippen molar-refractivity contribution >= 4 is 11.6 Å². The van der Waals surface area contributed by atoms with Crippen LogP contribution >= 0.6 is 0 Å². The summed E-state index contributed by atoms with van der Waals surface area (Å²) in [4.78, 5) is 17.8. The fraction of sp³-hybridized carbons (Fsp3) is 0.389. The van der Waals surface area contributed by atoms with Crippen molar-refractivity contribution < 1.29 is 14.4 Å². The predicted octanol–water partition coefficient (Wildman–Crippen LogP) is 2.28. The normalized spacial score (nSPS) is 17.6. The van der Waals surface area contributed by atoms with Crippen molar-refractivity contribution in [1.82, 2.24) is 15.1 Å². The summed E-state index contributed by atoms with van der Waals surface area (Å²) >= 11 is 0. The Bertz CT molecular complexity index is 784. The topological polar surface area (TPSA) is 77.7 Å². The highest BCUT2D eigenvalue weighted by Gasteiger charge is 2.31. The molecule has 0 saturated heterocycles. The van der Waals surface area contributed by atoms with Crippen molar-refractivity contribution in [2.45, 2.75) is 39.0 Å². The molecule has 1 aromatic carbocycles. The average molecular weight is 342 g/mol. The second-order valence-corrected chi connectivity index (χ2v) is 5.86. The highest BCUT2D eigenvalue weighted by Crippen LogP contribution is 2.24. The van der Waals surface area contributed by atoms with Crippen LogP contribution < -0.4 is 10.1 Å². The molecular weight excluding hydrogens is 320 g/mol. The van der Waals surface area contributed by atoms with E-state index in [-0.39, 0.29) is 11.9 Å². The van der Waals surface area contributed by atoms with E-state index in [1.807, 2.05) is 55.1 Å². The largest absolute Gasteiger partial charge is 0.496 e. The van der Waals surface area contributed by atoms with Gasteiger partial charge in [0, 0.05) is 24.7 Å². The second kappa shape index (κ2) is 7.38. The molecule has 25 heavy (non-hydrogen) atoms. The number of aromatic nitrogens is 2. The first kappa shape index (κ1) is 17.0. The third-order valence-corrected chi connectivity index (χ3v) is 4.17. The van der Waals surface area contributed by atoms with Gasteiger partial charge in [0.05, 0.1) is 24.6 Å². The number of methoxy groups -OCH3 is 1. The molecule has 0 bridgehead atoms. The SMILES string of the molecule is CCn1ccc(C(C)NC(=O)C2CC(c3ccccc3OC)=NO2)n1. The first-order chi connectivity index (χ1) is 12.1. The molecule has 132 valence electrons. The van der Waals surface area contributed by atoms with Gasteiger partial charge in [0.25, 0.3) is 5.91 Å². The summed E-state index contributed by atoms with van der Waals surface area (Å²) in [5, 5.41) is 11.4. The minimum atomic E-state index is -0.643. The van der Waals surface area contributed by atoms with Crippen LogP contribution in [0.5, 0.6) is 5.75 Å². The summed E-state index contributed by atoms with van der Waals surface area (Å²) in [5.74, 6) is 0.511. The van der Waals surface area contributed by atoms with Crippen molar-refractivity contribution in [2.24, 2.45) is 5.16 Å². The Hall–Kier alpha value is -2.83. The molecule has 2 unspecified atom stereocenters. The number of nitrogens with one attached hydrogen (secondary N) is 1. The van der Waals surface area contributed by atoms with Gasteiger partial charge in [-0.25, -0.2) is 0 Å². The van der Waals surface area contributed by atoms with E-state index in [9.17, 15) is 4.79 Å². The van der Waals surface area contributed by atoms with Crippen LogP contribution in [0.15, 0.2) is 41.7 Å². The fourth-order valence-electron chi connectivity index (χ4n) is 2.72. The summed E-state index contributed by atoms with van der Waals surface area (Å²) in [5.41, 5.74) is 2.37. The van der Waals surface area contributed by atoms with Crippen molar-refractivity contribution in [3.05, 3.63) is 47.8 Å². The maximum absolute atomic E-state index is 12.5. The quantitative estimate of drug-likeness (QED) is 0.874. The van der Waals surface area contributed by atoms with Gasteiger partial charge in [-0.2, -0.15) is 5.10 Å². The van der Waals surface area contributed by atoms with Crippen molar-refractivity contribution in [1.29, 1.82) is 0 Å². The molecule has 0 aliphatic carbocycles. The van der Waals surface area contributed by atoms with Crippen LogP contribution in [0.1, 0.15) is 37.6 Å². The number of hydrogen-bond acceptors (Lipinski definition) is 5. The molecule has 1 N–H and O–H groups in total. The maximum Gasteiger partial charge on any atom is 0.264 e. The molecule has 1 aliphatic rings. The second-order valence-electron chi connectivity index (χ2n) is 5.86. The smallest absolute Gasteiger partial charge is 0.264 e. The molecule has 2 heterocycles. The zero-order valence-corrected chi connectivity index (χ0v) is 14.6. The van der Waals surface area contributed by atoms with E-state index in [1.54, 1.807) is 7.11 Å². The third kappa shape index (κ3) is 3.65. The predicted molar refractivity (Wildman–Crippen MR) is 93.5 cm³/mol. The lowest BCUT2D eigenvalue weighted by Crippen LogP contribution is -2.36. The number of ether oxygens (including phenoxy) is 1. The van der Waals surface area contributed by atoms with Crippen LogP contribution in [-0.2, 0) is 16.2 Å². The minimum Gasteiger partial charge on any atom is -0.496 e. The molecule has 1 aromatic heterocycles. The molecule has 0 fully saturated rings. The van der Waals surface area contributed by atoms with Crippen LogP contribution in [0.25, 0.3) is 0 Å². The van der Waals surface area contributed by atoms with Gasteiger partial charge in [-0.1, -0.05) is 17.3 Å². The minimum absolute atomic E-state index is 0.195. The molecule has 3 rings (SSSR count). The van der Waals surface area contributed by atoms with Gasteiger partial charge in [-0.3, -0.25) is 9.48 Å². The number of rotatable bonds is 6. The molecule has 0 radical (unpaired) electrons. The summed E-state index contributed by atoms with van der Waals surface area (Å²) in [6.07, 6.45) is 1.66. The van der Waals surface area contributed by atoms with Crippen LogP contribution in [0.3, 0.4) is 0 Å². The zero-order valence-electron chi connectivity index (χ0n) is 14.6. The highest BCUT2D eigenvalue weighted by molar-refractivity contribution is 6.05. The first-order valence-corrected chi connectivity index (χ1v) is 8.32. The number of nitrogens with zero attached hydrogens (tertiary/aromatic N) is 3. The number of benzene rings is 1. The molecular formula is C18H22N4O3. The van der Waals surface area contributed by atoms with E-state index < -0.39 is 6.10 Å². The number of carbonyl (C=O) groups is 1. The van der Waals surface area contributed by atoms with Crippen molar-refractivity contribution in [3.63, 3.8) is 0 Å². The van der Waals surface area contributed by atoms with Crippen LogP contribution in [0.2, 0.25) is 0 Å². The molecule has 0 spiro atoms. The fourth-order valence-corrected chi connectivity index (χ4v) is 2.72. The lowest BCUT2D eigenvalue weighted by atomic mass is 10.0. The van der Waals surface area contributed by atoms with Gasteiger partial charge in [0.2, 0.25) is 6.10 Å². The van der Waals surface area contributed by atoms with Gasteiger partial charge in [-0.05, 0) is 32.0 Å². The molecule has 2 aromatic rings. The van der Waals surface area contributed by atoms with E-state index in [0.717, 1.165) is 17.8 Å².